The van der Waals surface area contributed by atoms with Crippen molar-refractivity contribution in [3.05, 3.63) is 0 Å². The Kier molecular flexibility index (Phi) is 7.46. The lowest BCUT2D eigenvalue weighted by atomic mass is 9.89. The van der Waals surface area contributed by atoms with Crippen molar-refractivity contribution < 1.29 is 14.3 Å². The molecule has 1 aliphatic carbocycles. The molecule has 0 aromatic rings. The fraction of sp³-hybridized carbons (Fsp3) is 0.938. The number of rotatable bonds is 3. The highest BCUT2D eigenvalue weighted by Gasteiger charge is 2.34. The number of carbonyl (C=O) groups excluding carboxylic acids is 1. The van der Waals surface area contributed by atoms with Gasteiger partial charge in [-0.2, -0.15) is 0 Å². The molecule has 1 heterocycles. The van der Waals surface area contributed by atoms with Crippen molar-refractivity contribution in [1.29, 1.82) is 0 Å². The molecular weight excluding hydrogens is 268 g/mol. The molecule has 5 heteroatoms. The lowest BCUT2D eigenvalue weighted by molar-refractivity contribution is -0.0741. The highest BCUT2D eigenvalue weighted by molar-refractivity contribution is 5.68. The van der Waals surface area contributed by atoms with Crippen molar-refractivity contribution in [2.24, 2.45) is 0 Å². The molecule has 2 rings (SSSR count). The number of hydrogen-bond acceptors (Lipinski definition) is 4. The van der Waals surface area contributed by atoms with E-state index in [0.717, 1.165) is 38.8 Å². The Morgan fingerprint density at radius 3 is 2.19 bits per heavy atom. The van der Waals surface area contributed by atoms with E-state index in [-0.39, 0.29) is 12.1 Å². The summed E-state index contributed by atoms with van der Waals surface area (Å²) in [5, 5.41) is 6.21. The summed E-state index contributed by atoms with van der Waals surface area (Å²) in [5.41, 5.74) is -0.432. The van der Waals surface area contributed by atoms with Crippen molar-refractivity contribution in [2.75, 3.05) is 13.1 Å². The second-order valence-corrected chi connectivity index (χ2v) is 6.52. The third-order valence-electron chi connectivity index (χ3n) is 3.49. The molecule has 0 spiro atoms. The van der Waals surface area contributed by atoms with Crippen LogP contribution in [-0.2, 0) is 9.47 Å². The molecular formula is C16H32N2O3. The van der Waals surface area contributed by atoms with E-state index < -0.39 is 5.60 Å². The van der Waals surface area contributed by atoms with Crippen LogP contribution >= 0.6 is 0 Å². The first-order valence-electron chi connectivity index (χ1n) is 8.28. The summed E-state index contributed by atoms with van der Waals surface area (Å²) < 4.78 is 11.2. The fourth-order valence-electron chi connectivity index (χ4n) is 2.47. The summed E-state index contributed by atoms with van der Waals surface area (Å²) in [7, 11) is 0. The van der Waals surface area contributed by atoms with Crippen LogP contribution in [0.25, 0.3) is 0 Å². The van der Waals surface area contributed by atoms with Crippen LogP contribution < -0.4 is 10.6 Å². The third kappa shape index (κ3) is 7.14. The quantitative estimate of drug-likeness (QED) is 0.841. The molecule has 0 radical (unpaired) electrons. The number of amides is 1. The zero-order chi connectivity index (χ0) is 15.9. The maximum Gasteiger partial charge on any atom is 0.407 e. The Labute approximate surface area is 129 Å². The Hall–Kier alpha value is -0.810. The number of alkyl carbamates (subject to hydrolysis) is 1. The van der Waals surface area contributed by atoms with E-state index in [4.69, 9.17) is 9.47 Å². The van der Waals surface area contributed by atoms with E-state index in [1.54, 1.807) is 0 Å². The minimum Gasteiger partial charge on any atom is -0.444 e. The minimum atomic E-state index is -0.432. The molecule has 1 amide bonds. The third-order valence-corrected chi connectivity index (χ3v) is 3.49. The van der Waals surface area contributed by atoms with Crippen LogP contribution in [0.2, 0.25) is 0 Å². The van der Waals surface area contributed by atoms with Crippen molar-refractivity contribution in [3.8, 4) is 0 Å². The van der Waals surface area contributed by atoms with Gasteiger partial charge in [0.1, 0.15) is 5.60 Å². The van der Waals surface area contributed by atoms with Gasteiger partial charge in [0.25, 0.3) is 0 Å². The van der Waals surface area contributed by atoms with Crippen molar-refractivity contribution in [2.45, 2.75) is 84.2 Å². The molecule has 1 saturated heterocycles. The first-order valence-corrected chi connectivity index (χ1v) is 8.28. The SMILES string of the molecule is CC.CC(C)(C)OC(=O)NC1CC(OC2CCNCC2)C1. The zero-order valence-corrected chi connectivity index (χ0v) is 14.2. The van der Waals surface area contributed by atoms with Gasteiger partial charge in [-0.1, -0.05) is 13.8 Å². The lowest BCUT2D eigenvalue weighted by Crippen LogP contribution is -2.50. The van der Waals surface area contributed by atoms with Crippen LogP contribution in [0.15, 0.2) is 0 Å². The van der Waals surface area contributed by atoms with Gasteiger partial charge in [0.05, 0.1) is 12.2 Å². The summed E-state index contributed by atoms with van der Waals surface area (Å²) in [6.07, 6.45) is 4.39. The van der Waals surface area contributed by atoms with E-state index in [0.29, 0.717) is 12.2 Å². The molecule has 124 valence electrons. The summed E-state index contributed by atoms with van der Waals surface area (Å²) in [5.74, 6) is 0. The second kappa shape index (κ2) is 8.59. The van der Waals surface area contributed by atoms with Gasteiger partial charge in [0.2, 0.25) is 0 Å². The van der Waals surface area contributed by atoms with E-state index in [9.17, 15) is 4.79 Å². The molecule has 0 atom stereocenters. The standard InChI is InChI=1S/C14H26N2O3.C2H6/c1-14(2,3)19-13(17)16-10-8-12(9-10)18-11-4-6-15-7-5-11;1-2/h10-12,15H,4-9H2,1-3H3,(H,16,17);1-2H3. The molecule has 0 aromatic heterocycles. The second-order valence-electron chi connectivity index (χ2n) is 6.52. The van der Waals surface area contributed by atoms with Crippen molar-refractivity contribution >= 4 is 6.09 Å². The molecule has 2 aliphatic rings. The topological polar surface area (TPSA) is 59.6 Å². The van der Waals surface area contributed by atoms with Gasteiger partial charge in [-0.25, -0.2) is 4.79 Å². The normalized spacial score (nSPS) is 26.1. The van der Waals surface area contributed by atoms with Gasteiger partial charge >= 0.3 is 6.09 Å². The molecule has 2 fully saturated rings. The highest BCUT2D eigenvalue weighted by atomic mass is 16.6. The Morgan fingerprint density at radius 1 is 1.10 bits per heavy atom. The van der Waals surface area contributed by atoms with Gasteiger partial charge in [0, 0.05) is 6.04 Å². The summed E-state index contributed by atoms with van der Waals surface area (Å²) in [4.78, 5) is 11.6. The minimum absolute atomic E-state index is 0.210. The molecule has 2 N–H and O–H groups in total. The van der Waals surface area contributed by atoms with Gasteiger partial charge in [-0.05, 0) is 59.5 Å². The molecule has 0 aromatic carbocycles. The van der Waals surface area contributed by atoms with Gasteiger partial charge in [-0.3, -0.25) is 0 Å². The molecule has 0 unspecified atom stereocenters. The molecule has 0 bridgehead atoms. The van der Waals surface area contributed by atoms with Gasteiger partial charge in [-0.15, -0.1) is 0 Å². The van der Waals surface area contributed by atoms with Crippen LogP contribution in [0, 0.1) is 0 Å². The number of ether oxygens (including phenoxy) is 2. The number of hydrogen-bond donors (Lipinski definition) is 2. The Morgan fingerprint density at radius 2 is 1.67 bits per heavy atom. The summed E-state index contributed by atoms with van der Waals surface area (Å²) in [6, 6.07) is 0.210. The smallest absolute Gasteiger partial charge is 0.407 e. The monoisotopic (exact) mass is 300 g/mol. The van der Waals surface area contributed by atoms with Crippen molar-refractivity contribution in [1.82, 2.24) is 10.6 Å². The summed E-state index contributed by atoms with van der Waals surface area (Å²) in [6.45, 7) is 11.7. The van der Waals surface area contributed by atoms with Crippen LogP contribution in [0.5, 0.6) is 0 Å². The van der Waals surface area contributed by atoms with Crippen molar-refractivity contribution in [3.63, 3.8) is 0 Å². The average Bonchev–Trinajstić information content (AvgIpc) is 2.37. The van der Waals surface area contributed by atoms with E-state index in [1.165, 1.54) is 0 Å². The molecule has 21 heavy (non-hydrogen) atoms. The van der Waals surface area contributed by atoms with Crippen LogP contribution in [0.3, 0.4) is 0 Å². The predicted molar refractivity (Wildman–Crippen MR) is 84.5 cm³/mol. The first-order chi connectivity index (χ1) is 9.92. The van der Waals surface area contributed by atoms with Gasteiger partial charge in [0.15, 0.2) is 0 Å². The van der Waals surface area contributed by atoms with Crippen LogP contribution in [-0.4, -0.2) is 43.0 Å². The zero-order valence-electron chi connectivity index (χ0n) is 14.2. The van der Waals surface area contributed by atoms with Gasteiger partial charge < -0.3 is 20.1 Å². The molecule has 1 aliphatic heterocycles. The largest absolute Gasteiger partial charge is 0.444 e. The van der Waals surface area contributed by atoms with E-state index in [1.807, 2.05) is 34.6 Å². The Balaban J connectivity index is 0.00000106. The summed E-state index contributed by atoms with van der Waals surface area (Å²) >= 11 is 0. The number of piperidine rings is 1. The maximum absolute atomic E-state index is 11.6. The van der Waals surface area contributed by atoms with E-state index >= 15 is 0 Å². The Bertz CT molecular complexity index is 303. The highest BCUT2D eigenvalue weighted by Crippen LogP contribution is 2.26. The molecule has 1 saturated carbocycles. The van der Waals surface area contributed by atoms with Crippen LogP contribution in [0.1, 0.15) is 60.3 Å². The molecule has 5 nitrogen and oxygen atoms in total. The van der Waals surface area contributed by atoms with Crippen LogP contribution in [0.4, 0.5) is 4.79 Å². The number of carbonyl (C=O) groups is 1. The first kappa shape index (κ1) is 18.2. The fourth-order valence-corrected chi connectivity index (χ4v) is 2.47. The average molecular weight is 300 g/mol. The lowest BCUT2D eigenvalue weighted by Gasteiger charge is -2.38. The van der Waals surface area contributed by atoms with E-state index in [2.05, 4.69) is 10.6 Å². The predicted octanol–water partition coefficient (Wildman–Crippen LogP) is 2.84. The number of nitrogens with one attached hydrogen (secondary N) is 2. The maximum atomic E-state index is 11.6.